The van der Waals surface area contributed by atoms with Crippen LogP contribution >= 0.6 is 0 Å². The number of hydrogen-bond acceptors (Lipinski definition) is 6. The molecule has 4 rings (SSSR count). The number of piperazine rings is 1. The van der Waals surface area contributed by atoms with Gasteiger partial charge in [-0.15, -0.1) is 10.2 Å². The van der Waals surface area contributed by atoms with Crippen LogP contribution in [0.25, 0.3) is 22.4 Å². The topological polar surface area (TPSA) is 64.6 Å². The Hall–Kier alpha value is -3.29. The van der Waals surface area contributed by atoms with Crippen molar-refractivity contribution in [3.63, 3.8) is 0 Å². The molecule has 0 aliphatic carbocycles. The lowest BCUT2D eigenvalue weighted by atomic mass is 10.0. The highest BCUT2D eigenvalue weighted by Crippen LogP contribution is 2.24. The van der Waals surface area contributed by atoms with Crippen molar-refractivity contribution in [3.05, 3.63) is 66.7 Å². The Morgan fingerprint density at radius 3 is 2.11 bits per heavy atom. The summed E-state index contributed by atoms with van der Waals surface area (Å²) in [6, 6.07) is 22.8. The second-order valence-corrected chi connectivity index (χ2v) is 8.79. The van der Waals surface area contributed by atoms with Gasteiger partial charge in [-0.2, -0.15) is 0 Å². The number of anilines is 1. The van der Waals surface area contributed by atoms with Gasteiger partial charge in [0.05, 0.1) is 12.2 Å². The van der Waals surface area contributed by atoms with Crippen molar-refractivity contribution < 1.29 is 4.79 Å². The summed E-state index contributed by atoms with van der Waals surface area (Å²) in [7, 11) is 0. The average molecular weight is 473 g/mol. The molecule has 0 bridgehead atoms. The van der Waals surface area contributed by atoms with Crippen LogP contribution in [0.15, 0.2) is 66.7 Å². The molecular formula is C28H36N6O. The van der Waals surface area contributed by atoms with E-state index in [2.05, 4.69) is 87.7 Å². The molecule has 0 saturated carbocycles. The first-order valence-corrected chi connectivity index (χ1v) is 12.6. The lowest BCUT2D eigenvalue weighted by Crippen LogP contribution is -2.51. The predicted octanol–water partition coefficient (Wildman–Crippen LogP) is 3.39. The zero-order valence-corrected chi connectivity index (χ0v) is 20.9. The van der Waals surface area contributed by atoms with E-state index in [1.54, 1.807) is 0 Å². The Labute approximate surface area is 208 Å². The average Bonchev–Trinajstić information content (AvgIpc) is 2.94. The summed E-state index contributed by atoms with van der Waals surface area (Å²) in [5.74, 6) is 1.03. The highest BCUT2D eigenvalue weighted by molar-refractivity contribution is 5.78. The van der Waals surface area contributed by atoms with Gasteiger partial charge < -0.3 is 20.0 Å². The minimum absolute atomic E-state index is 0.171. The van der Waals surface area contributed by atoms with E-state index in [9.17, 15) is 4.79 Å². The first-order valence-electron chi connectivity index (χ1n) is 12.6. The zero-order valence-electron chi connectivity index (χ0n) is 20.9. The van der Waals surface area contributed by atoms with Crippen LogP contribution in [-0.4, -0.2) is 84.8 Å². The summed E-state index contributed by atoms with van der Waals surface area (Å²) in [6.45, 7) is 11.6. The molecule has 1 aliphatic rings. The fourth-order valence-electron chi connectivity index (χ4n) is 4.38. The van der Waals surface area contributed by atoms with Crippen LogP contribution in [0.5, 0.6) is 0 Å². The minimum atomic E-state index is 0.171. The molecule has 1 fully saturated rings. The summed E-state index contributed by atoms with van der Waals surface area (Å²) >= 11 is 0. The van der Waals surface area contributed by atoms with E-state index in [1.165, 1.54) is 11.1 Å². The monoisotopic (exact) mass is 472 g/mol. The maximum Gasteiger partial charge on any atom is 0.236 e. The number of rotatable bonds is 10. The Balaban J connectivity index is 1.25. The Morgan fingerprint density at radius 2 is 1.49 bits per heavy atom. The van der Waals surface area contributed by atoms with Gasteiger partial charge in [-0.05, 0) is 36.3 Å². The van der Waals surface area contributed by atoms with E-state index in [1.807, 2.05) is 23.1 Å². The van der Waals surface area contributed by atoms with Crippen LogP contribution in [0, 0.1) is 0 Å². The molecule has 7 nitrogen and oxygen atoms in total. The number of nitrogens with zero attached hydrogens (tertiary/aromatic N) is 5. The van der Waals surface area contributed by atoms with Crippen LogP contribution in [0.4, 0.5) is 5.82 Å². The maximum atomic E-state index is 12.5. The van der Waals surface area contributed by atoms with E-state index in [-0.39, 0.29) is 5.91 Å². The van der Waals surface area contributed by atoms with Crippen LogP contribution < -0.4 is 10.2 Å². The van der Waals surface area contributed by atoms with E-state index in [0.717, 1.165) is 56.3 Å². The van der Waals surface area contributed by atoms with E-state index in [0.29, 0.717) is 19.6 Å². The van der Waals surface area contributed by atoms with Crippen molar-refractivity contribution in [1.82, 2.24) is 25.3 Å². The van der Waals surface area contributed by atoms with Crippen LogP contribution in [0.1, 0.15) is 13.8 Å². The van der Waals surface area contributed by atoms with E-state index < -0.39 is 0 Å². The standard InChI is InChI=1S/C28H36N6O/c1-3-32(4-2)17-16-29-22-28(35)34-20-18-33(19-21-34)27-15-14-26(30-31-27)25-12-10-24(11-13-25)23-8-6-5-7-9-23/h5-15,29H,3-4,16-22H2,1-2H3. The number of benzene rings is 2. The summed E-state index contributed by atoms with van der Waals surface area (Å²) in [4.78, 5) is 19.0. The number of carbonyl (C=O) groups excluding carboxylic acids is 1. The summed E-state index contributed by atoms with van der Waals surface area (Å²) in [6.07, 6.45) is 0. The second-order valence-electron chi connectivity index (χ2n) is 8.79. The molecule has 0 spiro atoms. The molecule has 2 heterocycles. The van der Waals surface area contributed by atoms with Gasteiger partial charge in [-0.3, -0.25) is 4.79 Å². The number of aromatic nitrogens is 2. The van der Waals surface area contributed by atoms with Crippen molar-refractivity contribution >= 4 is 11.7 Å². The predicted molar refractivity (Wildman–Crippen MR) is 142 cm³/mol. The maximum absolute atomic E-state index is 12.5. The van der Waals surface area contributed by atoms with Crippen molar-refractivity contribution in [2.24, 2.45) is 0 Å². The summed E-state index contributed by atoms with van der Waals surface area (Å²) in [5, 5.41) is 12.2. The molecule has 0 unspecified atom stereocenters. The molecule has 1 N–H and O–H groups in total. The molecule has 7 heteroatoms. The second kappa shape index (κ2) is 12.4. The van der Waals surface area contributed by atoms with Crippen LogP contribution in [-0.2, 0) is 4.79 Å². The van der Waals surface area contributed by atoms with Gasteiger partial charge in [0.15, 0.2) is 5.82 Å². The molecule has 35 heavy (non-hydrogen) atoms. The molecule has 1 saturated heterocycles. The highest BCUT2D eigenvalue weighted by atomic mass is 16.2. The third-order valence-electron chi connectivity index (χ3n) is 6.67. The molecule has 0 atom stereocenters. The zero-order chi connectivity index (χ0) is 24.5. The largest absolute Gasteiger partial charge is 0.352 e. The molecule has 1 aliphatic heterocycles. The van der Waals surface area contributed by atoms with Crippen molar-refractivity contribution in [2.45, 2.75) is 13.8 Å². The first kappa shape index (κ1) is 24.8. The molecule has 3 aromatic rings. The van der Waals surface area contributed by atoms with Gasteiger partial charge >= 0.3 is 0 Å². The Morgan fingerprint density at radius 1 is 0.829 bits per heavy atom. The molecule has 2 aromatic carbocycles. The van der Waals surface area contributed by atoms with E-state index >= 15 is 0 Å². The quantitative estimate of drug-likeness (QED) is 0.457. The van der Waals surface area contributed by atoms with Gasteiger partial charge in [0, 0.05) is 44.8 Å². The van der Waals surface area contributed by atoms with Crippen molar-refractivity contribution in [3.8, 4) is 22.4 Å². The number of hydrogen-bond donors (Lipinski definition) is 1. The van der Waals surface area contributed by atoms with Crippen LogP contribution in [0.3, 0.4) is 0 Å². The Bertz CT molecular complexity index is 1040. The third-order valence-corrected chi connectivity index (χ3v) is 6.67. The smallest absolute Gasteiger partial charge is 0.236 e. The van der Waals surface area contributed by atoms with Crippen molar-refractivity contribution in [1.29, 1.82) is 0 Å². The summed E-state index contributed by atoms with van der Waals surface area (Å²) < 4.78 is 0. The minimum Gasteiger partial charge on any atom is -0.352 e. The number of carbonyl (C=O) groups is 1. The van der Waals surface area contributed by atoms with Gasteiger partial charge in [0.1, 0.15) is 0 Å². The number of amides is 1. The number of likely N-dealkylation sites (N-methyl/N-ethyl adjacent to an activating group) is 1. The lowest BCUT2D eigenvalue weighted by molar-refractivity contribution is -0.130. The van der Waals surface area contributed by atoms with Crippen LogP contribution in [0.2, 0.25) is 0 Å². The van der Waals surface area contributed by atoms with Gasteiger partial charge in [-0.25, -0.2) is 0 Å². The SMILES string of the molecule is CCN(CC)CCNCC(=O)N1CCN(c2ccc(-c3ccc(-c4ccccc4)cc3)nn2)CC1. The van der Waals surface area contributed by atoms with Gasteiger partial charge in [0.2, 0.25) is 5.91 Å². The molecular weight excluding hydrogens is 436 g/mol. The van der Waals surface area contributed by atoms with Crippen molar-refractivity contribution in [2.75, 3.05) is 63.8 Å². The van der Waals surface area contributed by atoms with E-state index in [4.69, 9.17) is 0 Å². The summed E-state index contributed by atoms with van der Waals surface area (Å²) in [5.41, 5.74) is 4.30. The highest BCUT2D eigenvalue weighted by Gasteiger charge is 2.22. The molecule has 1 amide bonds. The fraction of sp³-hybridized carbons (Fsp3) is 0.393. The Kier molecular flexibility index (Phi) is 8.81. The molecule has 1 aromatic heterocycles. The first-order chi connectivity index (χ1) is 17.2. The molecule has 184 valence electrons. The normalized spacial score (nSPS) is 13.9. The van der Waals surface area contributed by atoms with Gasteiger partial charge in [0.25, 0.3) is 0 Å². The fourth-order valence-corrected chi connectivity index (χ4v) is 4.38. The third kappa shape index (κ3) is 6.65. The molecule has 0 radical (unpaired) electrons. The van der Waals surface area contributed by atoms with Gasteiger partial charge in [-0.1, -0.05) is 68.4 Å². The number of nitrogens with one attached hydrogen (secondary N) is 1. The lowest BCUT2D eigenvalue weighted by Gasteiger charge is -2.35.